The SMILES string of the molecule is CC(N)C1CN(C(=O)OCc2ccccc2)CCO1. The van der Waals surface area contributed by atoms with Crippen molar-refractivity contribution in [3.05, 3.63) is 35.9 Å². The van der Waals surface area contributed by atoms with E-state index in [1.54, 1.807) is 4.90 Å². The molecule has 1 aliphatic rings. The third-order valence-corrected chi connectivity index (χ3v) is 3.14. The number of amides is 1. The maximum atomic E-state index is 11.9. The van der Waals surface area contributed by atoms with Crippen LogP contribution in [0, 0.1) is 0 Å². The molecule has 104 valence electrons. The van der Waals surface area contributed by atoms with Gasteiger partial charge in [-0.2, -0.15) is 0 Å². The molecule has 19 heavy (non-hydrogen) atoms. The van der Waals surface area contributed by atoms with Gasteiger partial charge in [0.05, 0.1) is 19.3 Å². The summed E-state index contributed by atoms with van der Waals surface area (Å²) < 4.78 is 10.8. The van der Waals surface area contributed by atoms with Gasteiger partial charge in [-0.25, -0.2) is 4.79 Å². The lowest BCUT2D eigenvalue weighted by molar-refractivity contribution is -0.0364. The summed E-state index contributed by atoms with van der Waals surface area (Å²) in [6.07, 6.45) is -0.421. The first-order chi connectivity index (χ1) is 9.16. The van der Waals surface area contributed by atoms with Crippen LogP contribution in [-0.4, -0.2) is 42.8 Å². The Hall–Kier alpha value is -1.59. The molecule has 2 unspecified atom stereocenters. The van der Waals surface area contributed by atoms with Crippen LogP contribution in [0.2, 0.25) is 0 Å². The standard InChI is InChI=1S/C14H20N2O3/c1-11(15)13-9-16(7-8-18-13)14(17)19-10-12-5-3-2-4-6-12/h2-6,11,13H,7-10,15H2,1H3. The van der Waals surface area contributed by atoms with Crippen molar-refractivity contribution in [3.8, 4) is 0 Å². The predicted octanol–water partition coefficient (Wildman–Crippen LogP) is 1.37. The molecule has 1 saturated heterocycles. The van der Waals surface area contributed by atoms with Crippen molar-refractivity contribution >= 4 is 6.09 Å². The second-order valence-electron chi connectivity index (χ2n) is 4.75. The van der Waals surface area contributed by atoms with Gasteiger partial charge in [-0.3, -0.25) is 0 Å². The summed E-state index contributed by atoms with van der Waals surface area (Å²) in [6, 6.07) is 9.54. The van der Waals surface area contributed by atoms with Crippen LogP contribution in [-0.2, 0) is 16.1 Å². The molecule has 2 atom stereocenters. The molecule has 0 aromatic heterocycles. The largest absolute Gasteiger partial charge is 0.445 e. The highest BCUT2D eigenvalue weighted by atomic mass is 16.6. The molecule has 0 aliphatic carbocycles. The Balaban J connectivity index is 1.83. The van der Waals surface area contributed by atoms with E-state index in [1.807, 2.05) is 37.3 Å². The summed E-state index contributed by atoms with van der Waals surface area (Å²) in [7, 11) is 0. The van der Waals surface area contributed by atoms with E-state index in [2.05, 4.69) is 0 Å². The highest BCUT2D eigenvalue weighted by molar-refractivity contribution is 5.67. The van der Waals surface area contributed by atoms with E-state index in [4.69, 9.17) is 15.2 Å². The molecular weight excluding hydrogens is 244 g/mol. The fourth-order valence-electron chi connectivity index (χ4n) is 1.97. The summed E-state index contributed by atoms with van der Waals surface area (Å²) >= 11 is 0. The number of ether oxygens (including phenoxy) is 2. The molecule has 5 heteroatoms. The summed E-state index contributed by atoms with van der Waals surface area (Å²) in [4.78, 5) is 13.6. The molecule has 1 aromatic rings. The lowest BCUT2D eigenvalue weighted by Gasteiger charge is -2.34. The molecule has 0 saturated carbocycles. The number of carbonyl (C=O) groups excluding carboxylic acids is 1. The van der Waals surface area contributed by atoms with Crippen molar-refractivity contribution in [2.24, 2.45) is 5.73 Å². The predicted molar refractivity (Wildman–Crippen MR) is 71.6 cm³/mol. The topological polar surface area (TPSA) is 64.8 Å². The molecule has 0 spiro atoms. The van der Waals surface area contributed by atoms with Crippen molar-refractivity contribution in [1.82, 2.24) is 4.90 Å². The van der Waals surface area contributed by atoms with E-state index >= 15 is 0 Å². The van der Waals surface area contributed by atoms with Crippen LogP contribution in [0.15, 0.2) is 30.3 Å². The molecule has 1 aromatic carbocycles. The van der Waals surface area contributed by atoms with E-state index < -0.39 is 0 Å². The summed E-state index contributed by atoms with van der Waals surface area (Å²) in [5.41, 5.74) is 6.77. The second kappa shape index (κ2) is 6.54. The molecule has 2 N–H and O–H groups in total. The minimum Gasteiger partial charge on any atom is -0.445 e. The van der Waals surface area contributed by atoms with Gasteiger partial charge in [-0.05, 0) is 12.5 Å². The Bertz CT molecular complexity index is 408. The number of rotatable bonds is 3. The fourth-order valence-corrected chi connectivity index (χ4v) is 1.97. The maximum absolute atomic E-state index is 11.9. The van der Waals surface area contributed by atoms with E-state index in [0.29, 0.717) is 26.3 Å². The first-order valence-electron chi connectivity index (χ1n) is 6.49. The minimum absolute atomic E-state index is 0.0928. The van der Waals surface area contributed by atoms with Gasteiger partial charge in [-0.15, -0.1) is 0 Å². The molecule has 5 nitrogen and oxygen atoms in total. The Kier molecular flexibility index (Phi) is 4.76. The van der Waals surface area contributed by atoms with Crippen LogP contribution in [0.5, 0.6) is 0 Å². The van der Waals surface area contributed by atoms with Crippen LogP contribution in [0.1, 0.15) is 12.5 Å². The molecule has 1 amide bonds. The Morgan fingerprint density at radius 1 is 1.53 bits per heavy atom. The summed E-state index contributed by atoms with van der Waals surface area (Å²) in [5, 5.41) is 0. The van der Waals surface area contributed by atoms with Crippen LogP contribution < -0.4 is 5.73 Å². The quantitative estimate of drug-likeness (QED) is 0.895. The highest BCUT2D eigenvalue weighted by Crippen LogP contribution is 2.10. The summed E-state index contributed by atoms with van der Waals surface area (Å²) in [6.45, 7) is 3.72. The average Bonchev–Trinajstić information content (AvgIpc) is 2.46. The smallest absolute Gasteiger partial charge is 0.410 e. The first-order valence-corrected chi connectivity index (χ1v) is 6.49. The molecule has 2 rings (SSSR count). The molecule has 1 heterocycles. The monoisotopic (exact) mass is 264 g/mol. The van der Waals surface area contributed by atoms with Crippen molar-refractivity contribution < 1.29 is 14.3 Å². The Labute approximate surface area is 113 Å². The van der Waals surface area contributed by atoms with Crippen molar-refractivity contribution in [2.45, 2.75) is 25.7 Å². The fraction of sp³-hybridized carbons (Fsp3) is 0.500. The third kappa shape index (κ3) is 3.94. The number of nitrogens with zero attached hydrogens (tertiary/aromatic N) is 1. The van der Waals surface area contributed by atoms with Gasteiger partial charge < -0.3 is 20.1 Å². The lowest BCUT2D eigenvalue weighted by Crippen LogP contribution is -2.51. The minimum atomic E-state index is -0.308. The molecular formula is C14H20N2O3. The Morgan fingerprint density at radius 2 is 2.26 bits per heavy atom. The molecule has 1 fully saturated rings. The number of carbonyl (C=O) groups is 1. The normalized spacial score (nSPS) is 20.9. The number of benzene rings is 1. The zero-order valence-corrected chi connectivity index (χ0v) is 11.1. The van der Waals surface area contributed by atoms with E-state index in [0.717, 1.165) is 5.56 Å². The van der Waals surface area contributed by atoms with E-state index in [1.165, 1.54) is 0 Å². The average molecular weight is 264 g/mol. The first kappa shape index (κ1) is 13.8. The number of hydrogen-bond acceptors (Lipinski definition) is 4. The van der Waals surface area contributed by atoms with Crippen molar-refractivity contribution in [2.75, 3.05) is 19.7 Å². The van der Waals surface area contributed by atoms with Crippen LogP contribution in [0.25, 0.3) is 0 Å². The van der Waals surface area contributed by atoms with Gasteiger partial charge in [0.15, 0.2) is 0 Å². The van der Waals surface area contributed by atoms with Crippen molar-refractivity contribution in [1.29, 1.82) is 0 Å². The van der Waals surface area contributed by atoms with Gasteiger partial charge in [0.1, 0.15) is 6.61 Å². The van der Waals surface area contributed by atoms with E-state index in [9.17, 15) is 4.79 Å². The lowest BCUT2D eigenvalue weighted by atomic mass is 10.1. The second-order valence-corrected chi connectivity index (χ2v) is 4.75. The highest BCUT2D eigenvalue weighted by Gasteiger charge is 2.27. The van der Waals surface area contributed by atoms with Crippen LogP contribution in [0.4, 0.5) is 4.79 Å². The number of nitrogens with two attached hydrogens (primary N) is 1. The number of morpholine rings is 1. The van der Waals surface area contributed by atoms with E-state index in [-0.39, 0.29) is 18.2 Å². The van der Waals surface area contributed by atoms with Crippen LogP contribution >= 0.6 is 0 Å². The Morgan fingerprint density at radius 3 is 2.95 bits per heavy atom. The van der Waals surface area contributed by atoms with Gasteiger partial charge in [0, 0.05) is 12.6 Å². The van der Waals surface area contributed by atoms with Crippen molar-refractivity contribution in [3.63, 3.8) is 0 Å². The molecule has 1 aliphatic heterocycles. The maximum Gasteiger partial charge on any atom is 0.410 e. The molecule has 0 radical (unpaired) electrons. The zero-order chi connectivity index (χ0) is 13.7. The van der Waals surface area contributed by atoms with Gasteiger partial charge in [0.2, 0.25) is 0 Å². The third-order valence-electron chi connectivity index (χ3n) is 3.14. The number of hydrogen-bond donors (Lipinski definition) is 1. The van der Waals surface area contributed by atoms with Gasteiger partial charge in [0.25, 0.3) is 0 Å². The zero-order valence-electron chi connectivity index (χ0n) is 11.1. The van der Waals surface area contributed by atoms with Gasteiger partial charge >= 0.3 is 6.09 Å². The summed E-state index contributed by atoms with van der Waals surface area (Å²) in [5.74, 6) is 0. The molecule has 0 bridgehead atoms. The van der Waals surface area contributed by atoms with Crippen LogP contribution in [0.3, 0.4) is 0 Å². The van der Waals surface area contributed by atoms with Gasteiger partial charge in [-0.1, -0.05) is 30.3 Å².